The molecule has 1 spiro atoms. The Labute approximate surface area is 252 Å². The Hall–Kier alpha value is -0.770. The van der Waals surface area contributed by atoms with Crippen molar-refractivity contribution in [1.29, 1.82) is 0 Å². The van der Waals surface area contributed by atoms with E-state index in [4.69, 9.17) is 18.9 Å². The molecular weight excluding hydrogens is 564 g/mol. The molecule has 2 bridgehead atoms. The standard InChI is InChI=1S/C31H50O12/c1-27(2)18-6-9-29-10-16(4-5-19(29)28(18,3)8-7-20(27)34)31(12-29,14-33)43-25-23(37)22(36)21(35)17(42-25)11-40-26-24(38)30(39,13-32)15-41-26/h16-19,21-26,32-33,35-39H,4-15H2,1-3H3/t16-,17-,18-,19+,21-,22+,23-,24+,25+,26-,28-,29+,30-,31+/m1/s1. The minimum Gasteiger partial charge on any atom is -0.393 e. The fourth-order valence-electron chi connectivity index (χ4n) is 10.5. The van der Waals surface area contributed by atoms with Crippen LogP contribution in [0.15, 0.2) is 0 Å². The molecule has 14 atom stereocenters. The number of hydrogen-bond donors (Lipinski definition) is 7. The third kappa shape index (κ3) is 4.78. The van der Waals surface area contributed by atoms with Crippen LogP contribution in [0.3, 0.4) is 0 Å². The van der Waals surface area contributed by atoms with Crippen molar-refractivity contribution in [3.8, 4) is 0 Å². The molecule has 0 aromatic rings. The Balaban J connectivity index is 1.18. The van der Waals surface area contributed by atoms with Crippen molar-refractivity contribution in [3.63, 3.8) is 0 Å². The van der Waals surface area contributed by atoms with E-state index in [1.807, 2.05) is 0 Å². The first-order valence-electron chi connectivity index (χ1n) is 15.9. The van der Waals surface area contributed by atoms with Gasteiger partial charge in [-0.3, -0.25) is 4.79 Å². The third-order valence-corrected chi connectivity index (χ3v) is 12.9. The molecule has 4 saturated carbocycles. The van der Waals surface area contributed by atoms with Gasteiger partial charge < -0.3 is 54.7 Å². The number of aliphatic hydroxyl groups is 7. The van der Waals surface area contributed by atoms with E-state index in [-0.39, 0.29) is 42.0 Å². The Morgan fingerprint density at radius 2 is 1.65 bits per heavy atom. The Kier molecular flexibility index (Phi) is 8.16. The van der Waals surface area contributed by atoms with E-state index in [0.29, 0.717) is 30.5 Å². The van der Waals surface area contributed by atoms with Crippen molar-refractivity contribution >= 4 is 5.78 Å². The molecular formula is C31H50O12. The first-order valence-corrected chi connectivity index (χ1v) is 15.9. The van der Waals surface area contributed by atoms with Crippen molar-refractivity contribution in [1.82, 2.24) is 0 Å². The van der Waals surface area contributed by atoms with Crippen LogP contribution in [0.2, 0.25) is 0 Å². The fraction of sp³-hybridized carbons (Fsp3) is 0.968. The number of aliphatic hydroxyl groups excluding tert-OH is 6. The van der Waals surface area contributed by atoms with Crippen LogP contribution in [0.1, 0.15) is 72.1 Å². The summed E-state index contributed by atoms with van der Waals surface area (Å²) < 4.78 is 23.3. The summed E-state index contributed by atoms with van der Waals surface area (Å²) in [6.07, 6.45) is -3.57. The lowest BCUT2D eigenvalue weighted by atomic mass is 9.41. The zero-order chi connectivity index (χ0) is 31.2. The second kappa shape index (κ2) is 10.9. The molecule has 2 saturated heterocycles. The van der Waals surface area contributed by atoms with Crippen LogP contribution in [-0.4, -0.2) is 122 Å². The normalized spacial score (nSPS) is 54.3. The third-order valence-electron chi connectivity index (χ3n) is 12.9. The summed E-state index contributed by atoms with van der Waals surface area (Å²) >= 11 is 0. The highest BCUT2D eigenvalue weighted by Crippen LogP contribution is 2.73. The summed E-state index contributed by atoms with van der Waals surface area (Å²) in [5.74, 6) is 1.04. The molecule has 4 aliphatic carbocycles. The van der Waals surface area contributed by atoms with Gasteiger partial charge in [-0.25, -0.2) is 0 Å². The number of hydrogen-bond acceptors (Lipinski definition) is 12. The number of carbonyl (C=O) groups excluding carboxylic acids is 1. The van der Waals surface area contributed by atoms with E-state index in [2.05, 4.69) is 20.8 Å². The summed E-state index contributed by atoms with van der Waals surface area (Å²) in [5, 5.41) is 73.1. The van der Waals surface area contributed by atoms with Crippen LogP contribution >= 0.6 is 0 Å². The van der Waals surface area contributed by atoms with Crippen molar-refractivity contribution in [2.75, 3.05) is 26.4 Å². The number of ether oxygens (including phenoxy) is 4. The van der Waals surface area contributed by atoms with Gasteiger partial charge in [0.25, 0.3) is 0 Å². The SMILES string of the molecule is CC1(C)C(=O)CC[C@]2(C)[C@@H]1CC[C@@]13C[C@@H](CC[C@H]12)[C@](CO)(O[C@@H]1O[C@H](CO[C@@H]2OC[C@](O)(CO)[C@H]2O)[C@@H](O)[C@H](O)[C@H]1O)C3. The number of Topliss-reactive ketones (excluding diaryl/α,β-unsaturated/α-hetero) is 1. The van der Waals surface area contributed by atoms with Crippen molar-refractivity contribution in [2.45, 2.75) is 126 Å². The van der Waals surface area contributed by atoms with E-state index >= 15 is 0 Å². The van der Waals surface area contributed by atoms with E-state index in [1.165, 1.54) is 0 Å². The maximum absolute atomic E-state index is 12.9. The number of carbonyl (C=O) groups is 1. The monoisotopic (exact) mass is 614 g/mol. The largest absolute Gasteiger partial charge is 0.393 e. The zero-order valence-electron chi connectivity index (χ0n) is 25.4. The molecule has 0 unspecified atom stereocenters. The van der Waals surface area contributed by atoms with Gasteiger partial charge in [-0.1, -0.05) is 20.8 Å². The molecule has 7 N–H and O–H groups in total. The van der Waals surface area contributed by atoms with Gasteiger partial charge in [0.1, 0.15) is 41.9 Å². The molecule has 6 rings (SSSR count). The summed E-state index contributed by atoms with van der Waals surface area (Å²) in [6, 6.07) is 0. The molecule has 0 aromatic carbocycles. The maximum atomic E-state index is 12.9. The van der Waals surface area contributed by atoms with E-state index < -0.39 is 60.9 Å². The maximum Gasteiger partial charge on any atom is 0.187 e. The molecule has 0 radical (unpaired) electrons. The second-order valence-electron chi connectivity index (χ2n) is 15.4. The summed E-state index contributed by atoms with van der Waals surface area (Å²) in [7, 11) is 0. The zero-order valence-corrected chi connectivity index (χ0v) is 25.4. The van der Waals surface area contributed by atoms with Gasteiger partial charge in [0.15, 0.2) is 12.6 Å². The molecule has 2 aliphatic heterocycles. The van der Waals surface area contributed by atoms with Gasteiger partial charge in [-0.05, 0) is 73.5 Å². The van der Waals surface area contributed by atoms with E-state index in [0.717, 1.165) is 38.5 Å². The lowest BCUT2D eigenvalue weighted by Crippen LogP contribution is -2.62. The van der Waals surface area contributed by atoms with Gasteiger partial charge in [0, 0.05) is 11.8 Å². The highest BCUT2D eigenvalue weighted by molar-refractivity contribution is 5.85. The predicted molar refractivity (Wildman–Crippen MR) is 148 cm³/mol. The molecule has 43 heavy (non-hydrogen) atoms. The van der Waals surface area contributed by atoms with Crippen LogP contribution in [0.5, 0.6) is 0 Å². The summed E-state index contributed by atoms with van der Waals surface area (Å²) in [6.45, 7) is 4.82. The van der Waals surface area contributed by atoms with Crippen LogP contribution in [-0.2, 0) is 23.7 Å². The molecule has 0 aromatic heterocycles. The molecule has 12 heteroatoms. The highest BCUT2D eigenvalue weighted by atomic mass is 16.7. The molecule has 12 nitrogen and oxygen atoms in total. The summed E-state index contributed by atoms with van der Waals surface area (Å²) in [4.78, 5) is 12.9. The quantitative estimate of drug-likeness (QED) is 0.197. The van der Waals surface area contributed by atoms with Crippen LogP contribution in [0.25, 0.3) is 0 Å². The number of fused-ring (bicyclic) bond motifs is 3. The molecule has 2 heterocycles. The number of ketones is 1. The van der Waals surface area contributed by atoms with Gasteiger partial charge in [-0.2, -0.15) is 0 Å². The molecule has 6 aliphatic rings. The average molecular weight is 615 g/mol. The number of rotatable bonds is 7. The van der Waals surface area contributed by atoms with Crippen LogP contribution in [0.4, 0.5) is 0 Å². The van der Waals surface area contributed by atoms with E-state index in [1.54, 1.807) is 0 Å². The Bertz CT molecular complexity index is 1070. The van der Waals surface area contributed by atoms with Crippen molar-refractivity contribution in [3.05, 3.63) is 0 Å². The Morgan fingerprint density at radius 1 is 0.907 bits per heavy atom. The van der Waals surface area contributed by atoms with Gasteiger partial charge >= 0.3 is 0 Å². The fourth-order valence-corrected chi connectivity index (χ4v) is 10.5. The Morgan fingerprint density at radius 3 is 2.33 bits per heavy atom. The van der Waals surface area contributed by atoms with Crippen LogP contribution < -0.4 is 0 Å². The summed E-state index contributed by atoms with van der Waals surface area (Å²) in [5.41, 5.74) is -3.33. The topological polar surface area (TPSA) is 196 Å². The highest BCUT2D eigenvalue weighted by Gasteiger charge is 2.69. The van der Waals surface area contributed by atoms with Crippen LogP contribution in [0, 0.1) is 34.0 Å². The second-order valence-corrected chi connectivity index (χ2v) is 15.4. The minimum atomic E-state index is -1.89. The van der Waals surface area contributed by atoms with Gasteiger partial charge in [-0.15, -0.1) is 0 Å². The lowest BCUT2D eigenvalue weighted by Gasteiger charge is -2.63. The van der Waals surface area contributed by atoms with E-state index in [9.17, 15) is 40.5 Å². The lowest BCUT2D eigenvalue weighted by molar-refractivity contribution is -0.340. The average Bonchev–Trinajstić information content (AvgIpc) is 3.39. The molecule has 246 valence electrons. The van der Waals surface area contributed by atoms with Gasteiger partial charge in [0.05, 0.1) is 32.0 Å². The first-order chi connectivity index (χ1) is 20.2. The predicted octanol–water partition coefficient (Wildman–Crippen LogP) is -0.389. The first kappa shape index (κ1) is 32.2. The van der Waals surface area contributed by atoms with Gasteiger partial charge in [0.2, 0.25) is 0 Å². The molecule has 6 fully saturated rings. The molecule has 0 amide bonds. The smallest absolute Gasteiger partial charge is 0.187 e. The van der Waals surface area contributed by atoms with Crippen molar-refractivity contribution in [2.24, 2.45) is 34.0 Å². The minimum absolute atomic E-state index is 0.00478. The van der Waals surface area contributed by atoms with Crippen molar-refractivity contribution < 1.29 is 59.5 Å².